The molecule has 2 heterocycles. The van der Waals surface area contributed by atoms with Gasteiger partial charge in [-0.05, 0) is 55.8 Å². The van der Waals surface area contributed by atoms with Crippen molar-refractivity contribution in [3.05, 3.63) is 35.9 Å². The zero-order valence-electron chi connectivity index (χ0n) is 14.6. The van der Waals surface area contributed by atoms with E-state index in [0.29, 0.717) is 11.3 Å². The first-order chi connectivity index (χ1) is 11.1. The summed E-state index contributed by atoms with van der Waals surface area (Å²) in [4.78, 5) is 14.8. The lowest BCUT2D eigenvalue weighted by Gasteiger charge is -2.37. The molecule has 3 rings (SSSR count). The maximum absolute atomic E-state index is 12.2. The summed E-state index contributed by atoms with van der Waals surface area (Å²) in [7, 11) is 0. The molecule has 4 nitrogen and oxygen atoms in total. The molecule has 0 spiro atoms. The van der Waals surface area contributed by atoms with Gasteiger partial charge in [0.05, 0.1) is 0 Å². The van der Waals surface area contributed by atoms with Crippen LogP contribution in [0.5, 0.6) is 0 Å². The molecule has 134 valence electrons. The minimum atomic E-state index is 0. The number of benzene rings is 1. The number of piperidine rings is 1. The molecule has 24 heavy (non-hydrogen) atoms. The van der Waals surface area contributed by atoms with Crippen LogP contribution in [0.2, 0.25) is 0 Å². The van der Waals surface area contributed by atoms with Crippen molar-refractivity contribution in [2.45, 2.75) is 26.2 Å². The minimum Gasteiger partial charge on any atom is -0.352 e. The summed E-state index contributed by atoms with van der Waals surface area (Å²) in [5.41, 5.74) is 1.18. The second-order valence-electron chi connectivity index (χ2n) is 7.56. The van der Waals surface area contributed by atoms with Crippen LogP contribution in [-0.4, -0.2) is 50.1 Å². The average Bonchev–Trinajstić information content (AvgIpc) is 3.00. The molecule has 0 aromatic heterocycles. The van der Waals surface area contributed by atoms with Gasteiger partial charge in [0.1, 0.15) is 0 Å². The first-order valence-electron chi connectivity index (χ1n) is 8.91. The molecule has 2 atom stereocenters. The van der Waals surface area contributed by atoms with E-state index in [1.54, 1.807) is 0 Å². The number of carbonyl (C=O) groups is 1. The number of rotatable bonds is 5. The van der Waals surface area contributed by atoms with E-state index in [9.17, 15) is 4.79 Å². The fraction of sp³-hybridized carbons (Fsp3) is 0.632. The quantitative estimate of drug-likeness (QED) is 0.856. The highest BCUT2D eigenvalue weighted by atomic mass is 35.5. The molecule has 0 radical (unpaired) electrons. The van der Waals surface area contributed by atoms with Crippen molar-refractivity contribution in [1.82, 2.24) is 15.5 Å². The fourth-order valence-corrected chi connectivity index (χ4v) is 3.93. The molecule has 2 saturated heterocycles. The molecular weight excluding hydrogens is 322 g/mol. The molecule has 2 aliphatic heterocycles. The first-order valence-corrected chi connectivity index (χ1v) is 8.91. The molecule has 0 bridgehead atoms. The zero-order chi connectivity index (χ0) is 16.1. The minimum absolute atomic E-state index is 0. The highest BCUT2D eigenvalue weighted by Crippen LogP contribution is 2.28. The van der Waals surface area contributed by atoms with E-state index in [2.05, 4.69) is 22.5 Å². The van der Waals surface area contributed by atoms with Crippen LogP contribution in [0.25, 0.3) is 0 Å². The van der Waals surface area contributed by atoms with Gasteiger partial charge < -0.3 is 15.5 Å². The van der Waals surface area contributed by atoms with Crippen LogP contribution in [0.3, 0.4) is 0 Å². The van der Waals surface area contributed by atoms with Gasteiger partial charge in [0.25, 0.3) is 5.91 Å². The van der Waals surface area contributed by atoms with Gasteiger partial charge in [-0.15, -0.1) is 12.4 Å². The van der Waals surface area contributed by atoms with E-state index in [-0.39, 0.29) is 18.3 Å². The number of amides is 1. The number of nitrogens with one attached hydrogen (secondary N) is 2. The third-order valence-electron chi connectivity index (χ3n) is 5.25. The van der Waals surface area contributed by atoms with Crippen molar-refractivity contribution in [3.8, 4) is 0 Å². The van der Waals surface area contributed by atoms with E-state index in [1.807, 2.05) is 30.3 Å². The largest absolute Gasteiger partial charge is 0.352 e. The number of hydrogen-bond acceptors (Lipinski definition) is 3. The Morgan fingerprint density at radius 3 is 2.88 bits per heavy atom. The summed E-state index contributed by atoms with van der Waals surface area (Å²) < 4.78 is 0. The van der Waals surface area contributed by atoms with Gasteiger partial charge in [0, 0.05) is 31.7 Å². The van der Waals surface area contributed by atoms with Crippen molar-refractivity contribution in [3.63, 3.8) is 0 Å². The molecule has 1 aromatic rings. The van der Waals surface area contributed by atoms with Gasteiger partial charge >= 0.3 is 0 Å². The summed E-state index contributed by atoms with van der Waals surface area (Å²) in [5.74, 6) is 0.629. The van der Waals surface area contributed by atoms with E-state index in [0.717, 1.165) is 31.7 Å². The molecule has 2 aliphatic rings. The lowest BCUT2D eigenvalue weighted by molar-refractivity contribution is 0.0911. The van der Waals surface area contributed by atoms with Crippen LogP contribution < -0.4 is 10.6 Å². The molecule has 5 heteroatoms. The summed E-state index contributed by atoms with van der Waals surface area (Å²) >= 11 is 0. The number of halogens is 1. The molecule has 0 aliphatic carbocycles. The summed E-state index contributed by atoms with van der Waals surface area (Å²) in [6.07, 6.45) is 3.74. The lowest BCUT2D eigenvalue weighted by Crippen LogP contribution is -2.45. The van der Waals surface area contributed by atoms with Gasteiger partial charge in [-0.2, -0.15) is 0 Å². The zero-order valence-corrected chi connectivity index (χ0v) is 15.4. The number of carbonyl (C=O) groups excluding carboxylic acids is 1. The Bertz CT molecular complexity index is 517. The van der Waals surface area contributed by atoms with Gasteiger partial charge in [-0.25, -0.2) is 0 Å². The van der Waals surface area contributed by atoms with E-state index >= 15 is 0 Å². The molecule has 2 unspecified atom stereocenters. The predicted molar refractivity (Wildman–Crippen MR) is 101 cm³/mol. The average molecular weight is 352 g/mol. The second-order valence-corrected chi connectivity index (χ2v) is 7.56. The molecule has 2 fully saturated rings. The standard InChI is InChI=1S/C19H29N3O.ClH/c1-19(9-10-20-14-19)15-22-11-5-6-16(13-22)12-21-18(23)17-7-3-2-4-8-17;/h2-4,7-8,16,20H,5-6,9-15H2,1H3,(H,21,23);1H. The summed E-state index contributed by atoms with van der Waals surface area (Å²) in [6, 6.07) is 9.50. The number of nitrogens with zero attached hydrogens (tertiary/aromatic N) is 1. The van der Waals surface area contributed by atoms with Gasteiger partial charge in [-0.3, -0.25) is 4.79 Å². The molecule has 1 aromatic carbocycles. The summed E-state index contributed by atoms with van der Waals surface area (Å²) in [6.45, 7) is 8.99. The van der Waals surface area contributed by atoms with Crippen molar-refractivity contribution in [2.75, 3.05) is 39.3 Å². The van der Waals surface area contributed by atoms with Crippen molar-refractivity contribution in [2.24, 2.45) is 11.3 Å². The van der Waals surface area contributed by atoms with E-state index in [1.165, 1.54) is 32.4 Å². The fourth-order valence-electron chi connectivity index (χ4n) is 3.93. The smallest absolute Gasteiger partial charge is 0.251 e. The molecule has 1 amide bonds. The van der Waals surface area contributed by atoms with Crippen molar-refractivity contribution >= 4 is 18.3 Å². The van der Waals surface area contributed by atoms with Crippen LogP contribution in [0.4, 0.5) is 0 Å². The van der Waals surface area contributed by atoms with Crippen molar-refractivity contribution < 1.29 is 4.79 Å². The maximum Gasteiger partial charge on any atom is 0.251 e. The normalized spacial score (nSPS) is 27.5. The van der Waals surface area contributed by atoms with Crippen LogP contribution >= 0.6 is 12.4 Å². The Hall–Kier alpha value is -1.10. The highest BCUT2D eigenvalue weighted by Gasteiger charge is 2.32. The Balaban J connectivity index is 0.00000208. The van der Waals surface area contributed by atoms with Crippen LogP contribution in [0.15, 0.2) is 30.3 Å². The molecule has 0 saturated carbocycles. The molecule has 2 N–H and O–H groups in total. The third kappa shape index (κ3) is 5.20. The Morgan fingerprint density at radius 1 is 1.38 bits per heavy atom. The van der Waals surface area contributed by atoms with Crippen molar-refractivity contribution in [1.29, 1.82) is 0 Å². The monoisotopic (exact) mass is 351 g/mol. The Kier molecular flexibility index (Phi) is 7.08. The Morgan fingerprint density at radius 2 is 2.17 bits per heavy atom. The van der Waals surface area contributed by atoms with Gasteiger partial charge in [0.15, 0.2) is 0 Å². The van der Waals surface area contributed by atoms with E-state index in [4.69, 9.17) is 0 Å². The van der Waals surface area contributed by atoms with Gasteiger partial charge in [-0.1, -0.05) is 25.1 Å². The van der Waals surface area contributed by atoms with Crippen LogP contribution in [0, 0.1) is 11.3 Å². The number of hydrogen-bond donors (Lipinski definition) is 2. The second kappa shape index (κ2) is 8.84. The SMILES string of the molecule is CC1(CN2CCCC(CNC(=O)c3ccccc3)C2)CCNC1.Cl. The Labute approximate surface area is 151 Å². The van der Waals surface area contributed by atoms with Gasteiger partial charge in [0.2, 0.25) is 0 Å². The van der Waals surface area contributed by atoms with Crippen LogP contribution in [-0.2, 0) is 0 Å². The van der Waals surface area contributed by atoms with Crippen LogP contribution in [0.1, 0.15) is 36.5 Å². The topological polar surface area (TPSA) is 44.4 Å². The first kappa shape index (κ1) is 19.2. The lowest BCUT2D eigenvalue weighted by atomic mass is 9.87. The predicted octanol–water partition coefficient (Wildman–Crippen LogP) is 2.55. The number of likely N-dealkylation sites (tertiary alicyclic amines) is 1. The maximum atomic E-state index is 12.2. The summed E-state index contributed by atoms with van der Waals surface area (Å²) in [5, 5.41) is 6.60. The third-order valence-corrected chi connectivity index (χ3v) is 5.25. The highest BCUT2D eigenvalue weighted by molar-refractivity contribution is 5.94. The molecular formula is C19H30ClN3O. The van der Waals surface area contributed by atoms with E-state index < -0.39 is 0 Å².